The summed E-state index contributed by atoms with van der Waals surface area (Å²) in [5.74, 6) is 0.170. The molecular formula is C21H25ClN2O5S. The number of hydrogen-bond donors (Lipinski definition) is 1. The Morgan fingerprint density at radius 1 is 0.967 bits per heavy atom. The molecule has 1 aliphatic rings. The van der Waals surface area contributed by atoms with Gasteiger partial charge in [-0.3, -0.25) is 4.79 Å². The second kappa shape index (κ2) is 9.68. The molecule has 0 saturated carbocycles. The minimum atomic E-state index is -3.71. The first kappa shape index (κ1) is 22.4. The molecule has 162 valence electrons. The molecule has 3 rings (SSSR count). The van der Waals surface area contributed by atoms with Gasteiger partial charge in [0.15, 0.2) is 0 Å². The molecule has 7 nitrogen and oxygen atoms in total. The molecule has 0 atom stereocenters. The Hall–Kier alpha value is -2.29. The highest BCUT2D eigenvalue weighted by molar-refractivity contribution is 7.89. The first-order chi connectivity index (χ1) is 14.4. The molecule has 2 aromatic carbocycles. The second-order valence-corrected chi connectivity index (χ2v) is 9.35. The predicted molar refractivity (Wildman–Crippen MR) is 116 cm³/mol. The van der Waals surface area contributed by atoms with Gasteiger partial charge >= 0.3 is 0 Å². The van der Waals surface area contributed by atoms with E-state index in [4.69, 9.17) is 21.1 Å². The number of benzene rings is 2. The highest BCUT2D eigenvalue weighted by atomic mass is 35.5. The number of hydrogen-bond acceptors (Lipinski definition) is 5. The number of anilines is 1. The molecule has 0 bridgehead atoms. The van der Waals surface area contributed by atoms with Gasteiger partial charge in [-0.25, -0.2) is 8.42 Å². The van der Waals surface area contributed by atoms with Crippen LogP contribution in [0.2, 0.25) is 5.02 Å². The lowest BCUT2D eigenvalue weighted by atomic mass is 10.1. The monoisotopic (exact) mass is 452 g/mol. The lowest BCUT2D eigenvalue weighted by Crippen LogP contribution is -2.32. The Balaban J connectivity index is 1.95. The van der Waals surface area contributed by atoms with Crippen molar-refractivity contribution in [2.45, 2.75) is 30.6 Å². The zero-order chi connectivity index (χ0) is 21.7. The molecule has 0 aliphatic carbocycles. The van der Waals surface area contributed by atoms with Crippen LogP contribution in [-0.2, 0) is 10.0 Å². The lowest BCUT2D eigenvalue weighted by molar-refractivity contribution is 0.102. The van der Waals surface area contributed by atoms with E-state index >= 15 is 0 Å². The van der Waals surface area contributed by atoms with Crippen LogP contribution in [0.5, 0.6) is 11.5 Å². The zero-order valence-electron chi connectivity index (χ0n) is 17.0. The molecule has 1 N–H and O–H groups in total. The maximum atomic E-state index is 13.1. The van der Waals surface area contributed by atoms with Crippen LogP contribution >= 0.6 is 11.6 Å². The Morgan fingerprint density at radius 2 is 1.60 bits per heavy atom. The summed E-state index contributed by atoms with van der Waals surface area (Å²) in [4.78, 5) is 13.0. The van der Waals surface area contributed by atoms with Crippen LogP contribution in [0.15, 0.2) is 41.3 Å². The average molecular weight is 453 g/mol. The minimum Gasteiger partial charge on any atom is -0.496 e. The van der Waals surface area contributed by atoms with Crippen molar-refractivity contribution in [1.29, 1.82) is 0 Å². The number of carbonyl (C=O) groups excluding carboxylic acids is 1. The summed E-state index contributed by atoms with van der Waals surface area (Å²) < 4.78 is 38.3. The largest absolute Gasteiger partial charge is 0.496 e. The Bertz CT molecular complexity index is 1020. The highest BCUT2D eigenvalue weighted by Crippen LogP contribution is 2.30. The van der Waals surface area contributed by atoms with Crippen LogP contribution in [-0.4, -0.2) is 45.9 Å². The van der Waals surface area contributed by atoms with E-state index in [0.717, 1.165) is 25.7 Å². The van der Waals surface area contributed by atoms with Crippen LogP contribution in [0, 0.1) is 0 Å². The van der Waals surface area contributed by atoms with Gasteiger partial charge in [-0.05, 0) is 49.2 Å². The van der Waals surface area contributed by atoms with Crippen molar-refractivity contribution < 1.29 is 22.7 Å². The number of ether oxygens (including phenoxy) is 2. The fraction of sp³-hybridized carbons (Fsp3) is 0.381. The molecule has 0 spiro atoms. The molecule has 0 aromatic heterocycles. The number of amides is 1. The van der Waals surface area contributed by atoms with Gasteiger partial charge in [0.05, 0.1) is 30.4 Å². The highest BCUT2D eigenvalue weighted by Gasteiger charge is 2.27. The smallest absolute Gasteiger partial charge is 0.259 e. The topological polar surface area (TPSA) is 84.9 Å². The molecule has 9 heteroatoms. The third kappa shape index (κ3) is 4.88. The summed E-state index contributed by atoms with van der Waals surface area (Å²) in [5, 5.41) is 3.15. The van der Waals surface area contributed by atoms with Crippen LogP contribution in [0.1, 0.15) is 36.0 Å². The molecule has 0 unspecified atom stereocenters. The summed E-state index contributed by atoms with van der Waals surface area (Å²) in [5.41, 5.74) is 0.480. The van der Waals surface area contributed by atoms with Crippen molar-refractivity contribution in [2.24, 2.45) is 0 Å². The molecule has 30 heavy (non-hydrogen) atoms. The second-order valence-electron chi connectivity index (χ2n) is 6.98. The van der Waals surface area contributed by atoms with E-state index in [9.17, 15) is 13.2 Å². The SMILES string of the molecule is COc1ccc(Cl)cc1NC(=O)c1cc(S(=O)(=O)N2CCCCCC2)ccc1OC. The molecule has 1 fully saturated rings. The van der Waals surface area contributed by atoms with Gasteiger partial charge in [-0.2, -0.15) is 4.31 Å². The van der Waals surface area contributed by atoms with Gasteiger partial charge in [0.1, 0.15) is 11.5 Å². The Labute approximate surface area is 182 Å². The third-order valence-electron chi connectivity index (χ3n) is 5.03. The number of halogens is 1. The van der Waals surface area contributed by atoms with Crippen LogP contribution in [0.25, 0.3) is 0 Å². The van der Waals surface area contributed by atoms with Gasteiger partial charge in [0.2, 0.25) is 10.0 Å². The molecule has 1 saturated heterocycles. The van der Waals surface area contributed by atoms with Crippen LogP contribution < -0.4 is 14.8 Å². The first-order valence-electron chi connectivity index (χ1n) is 9.70. The van der Waals surface area contributed by atoms with Gasteiger partial charge in [-0.1, -0.05) is 24.4 Å². The van der Waals surface area contributed by atoms with Gasteiger partial charge in [0, 0.05) is 18.1 Å². The van der Waals surface area contributed by atoms with E-state index < -0.39 is 15.9 Å². The number of nitrogens with zero attached hydrogens (tertiary/aromatic N) is 1. The number of methoxy groups -OCH3 is 2. The Kier molecular flexibility index (Phi) is 7.23. The van der Waals surface area contributed by atoms with Gasteiger partial charge in [0.25, 0.3) is 5.91 Å². The van der Waals surface area contributed by atoms with Crippen LogP contribution in [0.4, 0.5) is 5.69 Å². The molecule has 1 aliphatic heterocycles. The van der Waals surface area contributed by atoms with Crippen LogP contribution in [0.3, 0.4) is 0 Å². The molecular weight excluding hydrogens is 428 g/mol. The minimum absolute atomic E-state index is 0.0633. The quantitative estimate of drug-likeness (QED) is 0.710. The van der Waals surface area contributed by atoms with E-state index in [1.807, 2.05) is 0 Å². The van der Waals surface area contributed by atoms with Crippen molar-refractivity contribution in [2.75, 3.05) is 32.6 Å². The van der Waals surface area contributed by atoms with Crippen molar-refractivity contribution in [1.82, 2.24) is 4.31 Å². The summed E-state index contributed by atoms with van der Waals surface area (Å²) in [6.07, 6.45) is 3.70. The van der Waals surface area contributed by atoms with Gasteiger partial charge in [-0.15, -0.1) is 0 Å². The van der Waals surface area contributed by atoms with Crippen molar-refractivity contribution in [3.05, 3.63) is 47.0 Å². The third-order valence-corrected chi connectivity index (χ3v) is 7.16. The van der Waals surface area contributed by atoms with E-state index in [1.165, 1.54) is 36.7 Å². The summed E-state index contributed by atoms with van der Waals surface area (Å²) >= 11 is 6.03. The average Bonchev–Trinajstić information content (AvgIpc) is 3.03. The Morgan fingerprint density at radius 3 is 2.23 bits per heavy atom. The van der Waals surface area contributed by atoms with Crippen molar-refractivity contribution in [3.8, 4) is 11.5 Å². The van der Waals surface area contributed by atoms with Gasteiger partial charge < -0.3 is 14.8 Å². The molecule has 1 amide bonds. The standard InChI is InChI=1S/C21H25ClN2O5S/c1-28-19-10-8-16(30(26,27)24-11-5-3-4-6-12-24)14-17(19)21(25)23-18-13-15(22)7-9-20(18)29-2/h7-10,13-14H,3-6,11-12H2,1-2H3,(H,23,25). The molecule has 1 heterocycles. The number of carbonyl (C=O) groups is 1. The normalized spacial score (nSPS) is 15.3. The fourth-order valence-electron chi connectivity index (χ4n) is 3.42. The van der Waals surface area contributed by atoms with E-state index in [0.29, 0.717) is 29.5 Å². The van der Waals surface area contributed by atoms with E-state index in [-0.39, 0.29) is 16.2 Å². The molecule has 0 radical (unpaired) electrons. The number of rotatable bonds is 6. The maximum Gasteiger partial charge on any atom is 0.259 e. The van der Waals surface area contributed by atoms with E-state index in [2.05, 4.69) is 5.32 Å². The maximum absolute atomic E-state index is 13.1. The summed E-state index contributed by atoms with van der Waals surface area (Å²) in [7, 11) is -0.801. The summed E-state index contributed by atoms with van der Waals surface area (Å²) in [6, 6.07) is 9.15. The number of sulfonamides is 1. The first-order valence-corrected chi connectivity index (χ1v) is 11.5. The lowest BCUT2D eigenvalue weighted by Gasteiger charge is -2.21. The number of nitrogens with one attached hydrogen (secondary N) is 1. The zero-order valence-corrected chi connectivity index (χ0v) is 18.6. The fourth-order valence-corrected chi connectivity index (χ4v) is 5.14. The summed E-state index contributed by atoms with van der Waals surface area (Å²) in [6.45, 7) is 0.964. The molecule has 2 aromatic rings. The van der Waals surface area contributed by atoms with E-state index in [1.54, 1.807) is 18.2 Å². The predicted octanol–water partition coefficient (Wildman–Crippen LogP) is 4.17. The van der Waals surface area contributed by atoms with Crippen molar-refractivity contribution >= 4 is 33.2 Å². The van der Waals surface area contributed by atoms with Crippen molar-refractivity contribution in [3.63, 3.8) is 0 Å².